The van der Waals surface area contributed by atoms with Crippen LogP contribution < -0.4 is 10.6 Å². The third-order valence-electron chi connectivity index (χ3n) is 1.75. The van der Waals surface area contributed by atoms with Gasteiger partial charge in [-0.2, -0.15) is 0 Å². The second-order valence-corrected chi connectivity index (χ2v) is 3.06. The van der Waals surface area contributed by atoms with Crippen LogP contribution in [0.2, 0.25) is 0 Å². The van der Waals surface area contributed by atoms with E-state index >= 15 is 0 Å². The Morgan fingerprint density at radius 3 is 3.00 bits per heavy atom. The number of likely N-dealkylation sites (N-methyl/N-ethyl adjacent to an activating group) is 1. The molecular formula is C8H15N5O. The average molecular weight is 197 g/mol. The lowest BCUT2D eigenvalue weighted by Crippen LogP contribution is -2.38. The van der Waals surface area contributed by atoms with Crippen molar-refractivity contribution in [3.05, 3.63) is 12.5 Å². The van der Waals surface area contributed by atoms with Crippen LogP contribution in [0.25, 0.3) is 0 Å². The van der Waals surface area contributed by atoms with Crippen LogP contribution >= 0.6 is 0 Å². The minimum atomic E-state index is -0.0352. The van der Waals surface area contributed by atoms with Crippen molar-refractivity contribution in [3.8, 4) is 0 Å². The van der Waals surface area contributed by atoms with Crippen molar-refractivity contribution in [1.29, 1.82) is 0 Å². The van der Waals surface area contributed by atoms with Crippen molar-refractivity contribution < 1.29 is 4.74 Å². The molecule has 1 heterocycles. The zero-order chi connectivity index (χ0) is 10.4. The highest BCUT2D eigenvalue weighted by atomic mass is 16.5. The molecule has 14 heavy (non-hydrogen) atoms. The Bertz CT molecular complexity index is 255. The van der Waals surface area contributed by atoms with Gasteiger partial charge in [-0.3, -0.25) is 0 Å². The first-order valence-electron chi connectivity index (χ1n) is 4.32. The van der Waals surface area contributed by atoms with Crippen LogP contribution in [-0.4, -0.2) is 48.5 Å². The Kier molecular flexibility index (Phi) is 4.21. The molecule has 1 atom stereocenters. The van der Waals surface area contributed by atoms with Crippen molar-refractivity contribution in [3.63, 3.8) is 0 Å². The monoisotopic (exact) mass is 197 g/mol. The molecule has 1 aromatic heterocycles. The van der Waals surface area contributed by atoms with E-state index in [4.69, 9.17) is 10.5 Å². The second-order valence-electron chi connectivity index (χ2n) is 3.06. The predicted molar refractivity (Wildman–Crippen MR) is 52.9 cm³/mol. The standard InChI is InChI=1S/C8H15N5O/c1-13(4-7(9)5-14-2)8-3-10-6-11-12-8/h3,6-7H,4-5,9H2,1-2H3. The number of rotatable bonds is 5. The molecule has 1 unspecified atom stereocenters. The van der Waals surface area contributed by atoms with E-state index in [0.29, 0.717) is 19.0 Å². The molecule has 0 amide bonds. The third kappa shape index (κ3) is 3.23. The molecule has 0 aliphatic rings. The fraction of sp³-hybridized carbons (Fsp3) is 0.625. The lowest BCUT2D eigenvalue weighted by Gasteiger charge is -2.20. The number of ether oxygens (including phenoxy) is 1. The summed E-state index contributed by atoms with van der Waals surface area (Å²) in [7, 11) is 3.52. The Morgan fingerprint density at radius 1 is 1.64 bits per heavy atom. The smallest absolute Gasteiger partial charge is 0.169 e. The summed E-state index contributed by atoms with van der Waals surface area (Å²) in [5, 5.41) is 7.59. The first kappa shape index (κ1) is 10.8. The van der Waals surface area contributed by atoms with Gasteiger partial charge < -0.3 is 15.4 Å². The Hall–Kier alpha value is -1.27. The molecule has 0 saturated heterocycles. The lowest BCUT2D eigenvalue weighted by atomic mass is 10.3. The zero-order valence-electron chi connectivity index (χ0n) is 8.42. The van der Waals surface area contributed by atoms with E-state index in [0.717, 1.165) is 0 Å². The summed E-state index contributed by atoms with van der Waals surface area (Å²) in [5.74, 6) is 0.707. The number of hydrogen-bond acceptors (Lipinski definition) is 6. The molecule has 1 aromatic rings. The van der Waals surface area contributed by atoms with E-state index < -0.39 is 0 Å². The second kappa shape index (κ2) is 5.46. The maximum absolute atomic E-state index is 5.79. The SMILES string of the molecule is COCC(N)CN(C)c1cncnn1. The zero-order valence-corrected chi connectivity index (χ0v) is 8.42. The third-order valence-corrected chi connectivity index (χ3v) is 1.75. The number of methoxy groups -OCH3 is 1. The molecule has 78 valence electrons. The van der Waals surface area contributed by atoms with Gasteiger partial charge in [-0.05, 0) is 0 Å². The summed E-state index contributed by atoms with van der Waals surface area (Å²) in [6, 6.07) is -0.0352. The molecule has 2 N–H and O–H groups in total. The van der Waals surface area contributed by atoms with E-state index in [2.05, 4.69) is 15.2 Å². The minimum absolute atomic E-state index is 0.0352. The normalized spacial score (nSPS) is 12.5. The van der Waals surface area contributed by atoms with Crippen LogP contribution in [0, 0.1) is 0 Å². The highest BCUT2D eigenvalue weighted by Gasteiger charge is 2.08. The van der Waals surface area contributed by atoms with Crippen LogP contribution in [0.3, 0.4) is 0 Å². The lowest BCUT2D eigenvalue weighted by molar-refractivity contribution is 0.181. The molecular weight excluding hydrogens is 182 g/mol. The van der Waals surface area contributed by atoms with Crippen molar-refractivity contribution in [1.82, 2.24) is 15.2 Å². The summed E-state index contributed by atoms with van der Waals surface area (Å²) in [5.41, 5.74) is 5.79. The molecule has 0 fully saturated rings. The Morgan fingerprint density at radius 2 is 2.43 bits per heavy atom. The predicted octanol–water partition coefficient (Wildman–Crippen LogP) is -0.718. The number of aromatic nitrogens is 3. The van der Waals surface area contributed by atoms with Crippen molar-refractivity contribution >= 4 is 5.82 Å². The van der Waals surface area contributed by atoms with Gasteiger partial charge in [0.15, 0.2) is 5.82 Å². The highest BCUT2D eigenvalue weighted by Crippen LogP contribution is 2.03. The van der Waals surface area contributed by atoms with Gasteiger partial charge in [-0.15, -0.1) is 10.2 Å². The molecule has 0 aromatic carbocycles. The fourth-order valence-corrected chi connectivity index (χ4v) is 1.13. The molecule has 6 heteroatoms. The van der Waals surface area contributed by atoms with Crippen molar-refractivity contribution in [2.45, 2.75) is 6.04 Å². The van der Waals surface area contributed by atoms with E-state index in [-0.39, 0.29) is 6.04 Å². The van der Waals surface area contributed by atoms with E-state index in [1.54, 1.807) is 13.3 Å². The topological polar surface area (TPSA) is 77.2 Å². The first-order valence-corrected chi connectivity index (χ1v) is 4.32. The first-order chi connectivity index (χ1) is 6.74. The van der Waals surface area contributed by atoms with E-state index in [1.807, 2.05) is 11.9 Å². The Labute approximate surface area is 83.1 Å². The summed E-state index contributed by atoms with van der Waals surface area (Å²) < 4.78 is 4.94. The summed E-state index contributed by atoms with van der Waals surface area (Å²) in [6.45, 7) is 1.19. The van der Waals surface area contributed by atoms with Crippen LogP contribution in [0.1, 0.15) is 0 Å². The van der Waals surface area contributed by atoms with Gasteiger partial charge in [0.2, 0.25) is 0 Å². The van der Waals surface area contributed by atoms with Gasteiger partial charge in [0.1, 0.15) is 6.33 Å². The van der Waals surface area contributed by atoms with Crippen LogP contribution in [-0.2, 0) is 4.74 Å². The van der Waals surface area contributed by atoms with Gasteiger partial charge in [0.25, 0.3) is 0 Å². The highest BCUT2D eigenvalue weighted by molar-refractivity contribution is 5.32. The molecule has 6 nitrogen and oxygen atoms in total. The van der Waals surface area contributed by atoms with Crippen LogP contribution in [0.4, 0.5) is 5.82 Å². The molecule has 0 radical (unpaired) electrons. The van der Waals surface area contributed by atoms with Crippen LogP contribution in [0.5, 0.6) is 0 Å². The molecule has 1 rings (SSSR count). The largest absolute Gasteiger partial charge is 0.383 e. The molecule has 0 saturated carbocycles. The number of nitrogens with zero attached hydrogens (tertiary/aromatic N) is 4. The molecule has 0 aliphatic heterocycles. The fourth-order valence-electron chi connectivity index (χ4n) is 1.13. The quantitative estimate of drug-likeness (QED) is 0.671. The van der Waals surface area contributed by atoms with Gasteiger partial charge in [-0.1, -0.05) is 0 Å². The molecule has 0 aliphatic carbocycles. The molecule has 0 spiro atoms. The van der Waals surface area contributed by atoms with Crippen molar-refractivity contribution in [2.75, 3.05) is 32.2 Å². The minimum Gasteiger partial charge on any atom is -0.383 e. The van der Waals surface area contributed by atoms with Crippen molar-refractivity contribution in [2.24, 2.45) is 5.73 Å². The summed E-state index contributed by atoms with van der Waals surface area (Å²) in [4.78, 5) is 5.76. The maximum Gasteiger partial charge on any atom is 0.169 e. The average Bonchev–Trinajstić information content (AvgIpc) is 2.19. The van der Waals surface area contributed by atoms with Gasteiger partial charge in [0, 0.05) is 26.7 Å². The maximum atomic E-state index is 5.79. The molecule has 0 bridgehead atoms. The summed E-state index contributed by atoms with van der Waals surface area (Å²) >= 11 is 0. The number of nitrogens with two attached hydrogens (primary N) is 1. The summed E-state index contributed by atoms with van der Waals surface area (Å²) in [6.07, 6.45) is 3.04. The van der Waals surface area contributed by atoms with Gasteiger partial charge >= 0.3 is 0 Å². The van der Waals surface area contributed by atoms with Gasteiger partial charge in [0.05, 0.1) is 12.8 Å². The number of hydrogen-bond donors (Lipinski definition) is 1. The van der Waals surface area contributed by atoms with Crippen LogP contribution in [0.15, 0.2) is 12.5 Å². The van der Waals surface area contributed by atoms with E-state index in [9.17, 15) is 0 Å². The Balaban J connectivity index is 2.46. The van der Waals surface area contributed by atoms with E-state index in [1.165, 1.54) is 6.33 Å². The number of anilines is 1. The van der Waals surface area contributed by atoms with Gasteiger partial charge in [-0.25, -0.2) is 4.98 Å².